The molecule has 0 bridgehead atoms. The number of quaternary nitrogens is 1. The lowest BCUT2D eigenvalue weighted by Gasteiger charge is -2.02. The van der Waals surface area contributed by atoms with Crippen LogP contribution in [0.1, 0.15) is 17.5 Å². The first kappa shape index (κ1) is 14.7. The van der Waals surface area contributed by atoms with Crippen molar-refractivity contribution >= 4 is 0 Å². The Morgan fingerprint density at radius 3 is 1.89 bits per heavy atom. The van der Waals surface area contributed by atoms with Crippen LogP contribution in [0.15, 0.2) is 60.7 Å². The third-order valence-electron chi connectivity index (χ3n) is 2.94. The highest BCUT2D eigenvalue weighted by atomic mass is 35.5. The van der Waals surface area contributed by atoms with Gasteiger partial charge in [-0.2, -0.15) is 0 Å². The standard InChI is InChI=1S/C16H19N.ClH/c1-3-8-15(9-4-1)12-7-13-17-14-16-10-5-2-6-11-16;/h1-6,8-11,17H,7,12-14H2;1H. The molecular formula is C16H20ClN. The van der Waals surface area contributed by atoms with Crippen LogP contribution in [0.5, 0.6) is 0 Å². The molecule has 18 heavy (non-hydrogen) atoms. The van der Waals surface area contributed by atoms with Crippen molar-refractivity contribution in [2.45, 2.75) is 19.4 Å². The average molecular weight is 262 g/mol. The first-order valence-electron chi connectivity index (χ1n) is 6.34. The van der Waals surface area contributed by atoms with E-state index in [1.54, 1.807) is 0 Å². The molecule has 2 rings (SSSR count). The summed E-state index contributed by atoms with van der Waals surface area (Å²) in [5.74, 6) is 0. The van der Waals surface area contributed by atoms with Gasteiger partial charge < -0.3 is 17.7 Å². The lowest BCUT2D eigenvalue weighted by Crippen LogP contribution is -3.00. The number of hydrogen-bond acceptors (Lipinski definition) is 0. The van der Waals surface area contributed by atoms with Crippen molar-refractivity contribution in [3.05, 3.63) is 71.8 Å². The Kier molecular flexibility index (Phi) is 7.16. The quantitative estimate of drug-likeness (QED) is 0.668. The molecule has 0 fully saturated rings. The number of aryl methyl sites for hydroxylation is 1. The maximum absolute atomic E-state index is 2.39. The molecular weight excluding hydrogens is 242 g/mol. The largest absolute Gasteiger partial charge is 1.00 e. The van der Waals surface area contributed by atoms with Crippen molar-refractivity contribution < 1.29 is 17.7 Å². The first-order chi connectivity index (χ1) is 8.45. The molecule has 0 aliphatic heterocycles. The van der Waals surface area contributed by atoms with Gasteiger partial charge in [0.05, 0.1) is 6.54 Å². The smallest absolute Gasteiger partial charge is 0.101 e. The molecule has 96 valence electrons. The number of hydrogen-bond donors (Lipinski definition) is 1. The molecule has 2 aromatic carbocycles. The van der Waals surface area contributed by atoms with Crippen molar-refractivity contribution in [1.82, 2.24) is 0 Å². The summed E-state index contributed by atoms with van der Waals surface area (Å²) in [5.41, 5.74) is 2.85. The SMILES string of the molecule is [Cl-].c1ccc(CCC[NH2+]Cc2ccccc2)cc1. The number of benzene rings is 2. The van der Waals surface area contributed by atoms with Gasteiger partial charge in [-0.15, -0.1) is 0 Å². The molecule has 0 saturated heterocycles. The molecule has 2 heteroatoms. The van der Waals surface area contributed by atoms with Crippen molar-refractivity contribution in [1.29, 1.82) is 0 Å². The Bertz CT molecular complexity index is 372. The summed E-state index contributed by atoms with van der Waals surface area (Å²) >= 11 is 0. The van der Waals surface area contributed by atoms with Crippen LogP contribution in [0.25, 0.3) is 0 Å². The summed E-state index contributed by atoms with van der Waals surface area (Å²) in [6.45, 7) is 2.29. The van der Waals surface area contributed by atoms with Gasteiger partial charge in [0.15, 0.2) is 0 Å². The second-order valence-electron chi connectivity index (χ2n) is 4.36. The van der Waals surface area contributed by atoms with Crippen LogP contribution >= 0.6 is 0 Å². The van der Waals surface area contributed by atoms with E-state index in [4.69, 9.17) is 0 Å². The van der Waals surface area contributed by atoms with E-state index in [9.17, 15) is 0 Å². The van der Waals surface area contributed by atoms with Gasteiger partial charge in [-0.25, -0.2) is 0 Å². The fraction of sp³-hybridized carbons (Fsp3) is 0.250. The van der Waals surface area contributed by atoms with E-state index >= 15 is 0 Å². The van der Waals surface area contributed by atoms with Crippen LogP contribution in [-0.2, 0) is 13.0 Å². The maximum Gasteiger partial charge on any atom is 0.101 e. The third kappa shape index (κ3) is 5.35. The Morgan fingerprint density at radius 1 is 0.722 bits per heavy atom. The predicted octanol–water partition coefficient (Wildman–Crippen LogP) is -0.613. The minimum absolute atomic E-state index is 0. The minimum atomic E-state index is 0. The average Bonchev–Trinajstić information content (AvgIpc) is 2.41. The van der Waals surface area contributed by atoms with Crippen LogP contribution in [0.4, 0.5) is 0 Å². The van der Waals surface area contributed by atoms with Gasteiger partial charge in [0.1, 0.15) is 6.54 Å². The zero-order valence-corrected chi connectivity index (χ0v) is 11.3. The zero-order chi connectivity index (χ0) is 11.8. The third-order valence-corrected chi connectivity index (χ3v) is 2.94. The van der Waals surface area contributed by atoms with Gasteiger partial charge in [0.25, 0.3) is 0 Å². The molecule has 0 heterocycles. The van der Waals surface area contributed by atoms with Crippen LogP contribution in [0, 0.1) is 0 Å². The summed E-state index contributed by atoms with van der Waals surface area (Å²) < 4.78 is 0. The fourth-order valence-corrected chi connectivity index (χ4v) is 1.98. The normalized spacial score (nSPS) is 9.78. The van der Waals surface area contributed by atoms with E-state index in [-0.39, 0.29) is 12.4 Å². The van der Waals surface area contributed by atoms with E-state index in [1.807, 2.05) is 0 Å². The van der Waals surface area contributed by atoms with E-state index in [1.165, 1.54) is 30.5 Å². The van der Waals surface area contributed by atoms with E-state index in [2.05, 4.69) is 66.0 Å². The molecule has 0 aromatic heterocycles. The van der Waals surface area contributed by atoms with Crippen molar-refractivity contribution in [2.24, 2.45) is 0 Å². The maximum atomic E-state index is 2.39. The van der Waals surface area contributed by atoms with Gasteiger partial charge in [-0.1, -0.05) is 60.7 Å². The molecule has 0 unspecified atom stereocenters. The molecule has 0 amide bonds. The van der Waals surface area contributed by atoms with E-state index < -0.39 is 0 Å². The van der Waals surface area contributed by atoms with Gasteiger partial charge in [0, 0.05) is 12.0 Å². The van der Waals surface area contributed by atoms with Crippen LogP contribution in [0.2, 0.25) is 0 Å². The van der Waals surface area contributed by atoms with Crippen LogP contribution in [0.3, 0.4) is 0 Å². The molecule has 1 nitrogen and oxygen atoms in total. The van der Waals surface area contributed by atoms with Crippen molar-refractivity contribution in [3.63, 3.8) is 0 Å². The predicted molar refractivity (Wildman–Crippen MR) is 71.7 cm³/mol. The summed E-state index contributed by atoms with van der Waals surface area (Å²) in [7, 11) is 0. The van der Waals surface area contributed by atoms with Gasteiger partial charge in [-0.3, -0.25) is 0 Å². The Hall–Kier alpha value is -1.31. The summed E-state index contributed by atoms with van der Waals surface area (Å²) in [4.78, 5) is 0. The number of rotatable bonds is 6. The topological polar surface area (TPSA) is 16.6 Å². The molecule has 0 aliphatic carbocycles. The highest BCUT2D eigenvalue weighted by molar-refractivity contribution is 5.14. The Balaban J connectivity index is 0.00000162. The molecule has 0 aliphatic rings. The van der Waals surface area contributed by atoms with E-state index in [0.717, 1.165) is 6.54 Å². The van der Waals surface area contributed by atoms with Gasteiger partial charge in [0.2, 0.25) is 0 Å². The van der Waals surface area contributed by atoms with E-state index in [0.29, 0.717) is 0 Å². The zero-order valence-electron chi connectivity index (χ0n) is 10.6. The second kappa shape index (κ2) is 8.73. The molecule has 0 spiro atoms. The second-order valence-corrected chi connectivity index (χ2v) is 4.36. The lowest BCUT2D eigenvalue weighted by atomic mass is 10.1. The monoisotopic (exact) mass is 261 g/mol. The van der Waals surface area contributed by atoms with Crippen molar-refractivity contribution in [3.8, 4) is 0 Å². The molecule has 2 aromatic rings. The van der Waals surface area contributed by atoms with Crippen molar-refractivity contribution in [2.75, 3.05) is 6.54 Å². The van der Waals surface area contributed by atoms with Crippen LogP contribution < -0.4 is 17.7 Å². The van der Waals surface area contributed by atoms with Crippen LogP contribution in [-0.4, -0.2) is 6.54 Å². The number of nitrogens with two attached hydrogens (primary N) is 1. The molecule has 0 radical (unpaired) electrons. The lowest BCUT2D eigenvalue weighted by molar-refractivity contribution is -0.670. The highest BCUT2D eigenvalue weighted by Gasteiger charge is 1.95. The Morgan fingerprint density at radius 2 is 1.28 bits per heavy atom. The molecule has 0 atom stereocenters. The first-order valence-corrected chi connectivity index (χ1v) is 6.34. The molecule has 0 saturated carbocycles. The minimum Gasteiger partial charge on any atom is -1.00 e. The number of halogens is 1. The summed E-state index contributed by atoms with van der Waals surface area (Å²) in [6, 6.07) is 21.4. The highest BCUT2D eigenvalue weighted by Crippen LogP contribution is 2.00. The summed E-state index contributed by atoms with van der Waals surface area (Å²) in [5, 5.41) is 2.39. The Labute approximate surface area is 116 Å². The van der Waals surface area contributed by atoms with Gasteiger partial charge >= 0.3 is 0 Å². The van der Waals surface area contributed by atoms with Gasteiger partial charge in [-0.05, 0) is 12.0 Å². The summed E-state index contributed by atoms with van der Waals surface area (Å²) in [6.07, 6.45) is 2.43. The molecule has 2 N–H and O–H groups in total. The fourth-order valence-electron chi connectivity index (χ4n) is 1.98.